The average Bonchev–Trinajstić information content (AvgIpc) is 2.17. The van der Waals surface area contributed by atoms with E-state index in [0.717, 1.165) is 12.8 Å². The molecule has 2 unspecified atom stereocenters. The molecule has 2 nitrogen and oxygen atoms in total. The first-order chi connectivity index (χ1) is 7.58. The SMILES string of the molecule is CC(C)CC(O)[CH]C(O)CC1CCCCC1. The van der Waals surface area contributed by atoms with Gasteiger partial charge in [-0.1, -0.05) is 46.0 Å². The Hall–Kier alpha value is -0.0800. The molecule has 1 rings (SSSR count). The Morgan fingerprint density at radius 3 is 2.25 bits per heavy atom. The molecule has 0 bridgehead atoms. The minimum atomic E-state index is -0.446. The van der Waals surface area contributed by atoms with E-state index < -0.39 is 12.2 Å². The largest absolute Gasteiger partial charge is 0.393 e. The van der Waals surface area contributed by atoms with E-state index in [1.807, 2.05) is 0 Å². The molecule has 1 aliphatic carbocycles. The number of aliphatic hydroxyl groups excluding tert-OH is 2. The molecule has 16 heavy (non-hydrogen) atoms. The number of hydrogen-bond donors (Lipinski definition) is 2. The van der Waals surface area contributed by atoms with Crippen molar-refractivity contribution in [3.8, 4) is 0 Å². The van der Waals surface area contributed by atoms with Crippen molar-refractivity contribution in [2.75, 3.05) is 0 Å². The first-order valence-electron chi connectivity index (χ1n) is 6.79. The molecule has 1 fully saturated rings. The Morgan fingerprint density at radius 2 is 1.69 bits per heavy atom. The molecule has 0 aromatic heterocycles. The summed E-state index contributed by atoms with van der Waals surface area (Å²) in [4.78, 5) is 0. The van der Waals surface area contributed by atoms with Crippen LogP contribution in [-0.4, -0.2) is 22.4 Å². The van der Waals surface area contributed by atoms with E-state index in [-0.39, 0.29) is 0 Å². The molecule has 95 valence electrons. The summed E-state index contributed by atoms with van der Waals surface area (Å²) in [7, 11) is 0. The van der Waals surface area contributed by atoms with Gasteiger partial charge in [0.15, 0.2) is 0 Å². The van der Waals surface area contributed by atoms with E-state index >= 15 is 0 Å². The van der Waals surface area contributed by atoms with E-state index in [2.05, 4.69) is 13.8 Å². The van der Waals surface area contributed by atoms with Crippen molar-refractivity contribution in [1.29, 1.82) is 0 Å². The normalized spacial score (nSPS) is 22.3. The Kier molecular flexibility index (Phi) is 6.37. The van der Waals surface area contributed by atoms with Gasteiger partial charge in [-0.3, -0.25) is 0 Å². The number of rotatable bonds is 6. The Labute approximate surface area is 100 Å². The molecule has 0 aromatic carbocycles. The predicted octanol–water partition coefficient (Wildman–Crippen LogP) is 2.93. The molecule has 1 saturated carbocycles. The van der Waals surface area contributed by atoms with Crippen LogP contribution < -0.4 is 0 Å². The van der Waals surface area contributed by atoms with Crippen LogP contribution in [0.15, 0.2) is 0 Å². The molecule has 0 saturated heterocycles. The minimum absolute atomic E-state index is 0.420. The zero-order valence-electron chi connectivity index (χ0n) is 10.7. The van der Waals surface area contributed by atoms with E-state index in [1.165, 1.54) is 32.1 Å². The topological polar surface area (TPSA) is 40.5 Å². The highest BCUT2D eigenvalue weighted by Gasteiger charge is 2.20. The summed E-state index contributed by atoms with van der Waals surface area (Å²) in [5, 5.41) is 19.6. The van der Waals surface area contributed by atoms with Gasteiger partial charge in [-0.2, -0.15) is 0 Å². The van der Waals surface area contributed by atoms with Crippen molar-refractivity contribution in [2.45, 2.75) is 71.0 Å². The van der Waals surface area contributed by atoms with Gasteiger partial charge >= 0.3 is 0 Å². The van der Waals surface area contributed by atoms with Gasteiger partial charge in [-0.05, 0) is 24.7 Å². The number of aliphatic hydroxyl groups is 2. The number of hydrogen-bond acceptors (Lipinski definition) is 2. The van der Waals surface area contributed by atoms with Gasteiger partial charge in [0, 0.05) is 6.42 Å². The van der Waals surface area contributed by atoms with Crippen LogP contribution in [0.3, 0.4) is 0 Å². The summed E-state index contributed by atoms with van der Waals surface area (Å²) in [6, 6.07) is 0. The highest BCUT2D eigenvalue weighted by atomic mass is 16.3. The molecular formula is C14H27O2. The summed E-state index contributed by atoms with van der Waals surface area (Å²) in [6.45, 7) is 4.18. The van der Waals surface area contributed by atoms with Crippen LogP contribution >= 0.6 is 0 Å². The summed E-state index contributed by atoms with van der Waals surface area (Å²) >= 11 is 0. The lowest BCUT2D eigenvalue weighted by Crippen LogP contribution is -2.23. The Bertz CT molecular complexity index is 174. The summed E-state index contributed by atoms with van der Waals surface area (Å²) < 4.78 is 0. The molecule has 0 aliphatic heterocycles. The summed E-state index contributed by atoms with van der Waals surface area (Å²) in [5.41, 5.74) is 0. The molecule has 0 heterocycles. The van der Waals surface area contributed by atoms with E-state index in [4.69, 9.17) is 0 Å². The second kappa shape index (κ2) is 7.29. The van der Waals surface area contributed by atoms with Gasteiger partial charge in [0.1, 0.15) is 0 Å². The predicted molar refractivity (Wildman–Crippen MR) is 67.0 cm³/mol. The molecular weight excluding hydrogens is 200 g/mol. The van der Waals surface area contributed by atoms with E-state index in [0.29, 0.717) is 11.8 Å². The zero-order chi connectivity index (χ0) is 12.0. The fraction of sp³-hybridized carbons (Fsp3) is 0.929. The highest BCUT2D eigenvalue weighted by Crippen LogP contribution is 2.28. The second-order valence-electron chi connectivity index (χ2n) is 5.70. The molecule has 2 heteroatoms. The van der Waals surface area contributed by atoms with Crippen LogP contribution in [0.5, 0.6) is 0 Å². The third kappa shape index (κ3) is 5.86. The molecule has 1 aliphatic rings. The van der Waals surface area contributed by atoms with Crippen LogP contribution in [0, 0.1) is 18.3 Å². The Balaban J connectivity index is 2.15. The van der Waals surface area contributed by atoms with Gasteiger partial charge in [0.2, 0.25) is 0 Å². The first kappa shape index (κ1) is 14.0. The van der Waals surface area contributed by atoms with Crippen molar-refractivity contribution in [2.24, 2.45) is 11.8 Å². The lowest BCUT2D eigenvalue weighted by molar-refractivity contribution is 0.103. The summed E-state index contributed by atoms with van der Waals surface area (Å²) in [6.07, 6.45) is 8.93. The maximum Gasteiger partial charge on any atom is 0.0600 e. The summed E-state index contributed by atoms with van der Waals surface area (Å²) in [5.74, 6) is 1.15. The quantitative estimate of drug-likeness (QED) is 0.732. The van der Waals surface area contributed by atoms with E-state index in [1.54, 1.807) is 6.42 Å². The minimum Gasteiger partial charge on any atom is -0.393 e. The van der Waals surface area contributed by atoms with Crippen LogP contribution in [0.25, 0.3) is 0 Å². The van der Waals surface area contributed by atoms with E-state index in [9.17, 15) is 10.2 Å². The molecule has 2 atom stereocenters. The fourth-order valence-corrected chi connectivity index (χ4v) is 2.66. The molecule has 1 radical (unpaired) electrons. The second-order valence-corrected chi connectivity index (χ2v) is 5.70. The molecule has 0 amide bonds. The van der Waals surface area contributed by atoms with Crippen LogP contribution in [0.4, 0.5) is 0 Å². The smallest absolute Gasteiger partial charge is 0.0600 e. The van der Waals surface area contributed by atoms with Gasteiger partial charge in [0.05, 0.1) is 12.2 Å². The molecule has 0 aromatic rings. The third-order valence-electron chi connectivity index (χ3n) is 3.46. The fourth-order valence-electron chi connectivity index (χ4n) is 2.66. The Morgan fingerprint density at radius 1 is 1.06 bits per heavy atom. The average molecular weight is 227 g/mol. The maximum atomic E-state index is 9.87. The van der Waals surface area contributed by atoms with Crippen molar-refractivity contribution in [1.82, 2.24) is 0 Å². The lowest BCUT2D eigenvalue weighted by Gasteiger charge is -2.25. The monoisotopic (exact) mass is 227 g/mol. The first-order valence-corrected chi connectivity index (χ1v) is 6.79. The molecule has 0 spiro atoms. The van der Waals surface area contributed by atoms with Crippen LogP contribution in [0.2, 0.25) is 0 Å². The van der Waals surface area contributed by atoms with Crippen molar-refractivity contribution >= 4 is 0 Å². The van der Waals surface area contributed by atoms with Crippen molar-refractivity contribution in [3.63, 3.8) is 0 Å². The van der Waals surface area contributed by atoms with Gasteiger partial charge in [-0.15, -0.1) is 0 Å². The molecule has 2 N–H and O–H groups in total. The zero-order valence-corrected chi connectivity index (χ0v) is 10.7. The van der Waals surface area contributed by atoms with Gasteiger partial charge in [0.25, 0.3) is 0 Å². The lowest BCUT2D eigenvalue weighted by atomic mass is 9.84. The highest BCUT2D eigenvalue weighted by molar-refractivity contribution is 4.86. The van der Waals surface area contributed by atoms with Gasteiger partial charge in [-0.25, -0.2) is 0 Å². The third-order valence-corrected chi connectivity index (χ3v) is 3.46. The maximum absolute atomic E-state index is 9.87. The van der Waals surface area contributed by atoms with Gasteiger partial charge < -0.3 is 10.2 Å². The standard InChI is InChI=1S/C14H27O2/c1-11(2)8-13(15)10-14(16)9-12-6-4-3-5-7-12/h10-16H,3-9H2,1-2H3. The van der Waals surface area contributed by atoms with Crippen molar-refractivity contribution in [3.05, 3.63) is 6.42 Å². The van der Waals surface area contributed by atoms with Crippen molar-refractivity contribution < 1.29 is 10.2 Å². The van der Waals surface area contributed by atoms with Crippen LogP contribution in [0.1, 0.15) is 58.8 Å². The van der Waals surface area contributed by atoms with Crippen LogP contribution in [-0.2, 0) is 0 Å².